The number of carbonyl (C=O) groups excluding carboxylic acids is 1. The second-order valence-corrected chi connectivity index (χ2v) is 5.85. The molecular formula is C16H16N2O3S. The van der Waals surface area contributed by atoms with E-state index >= 15 is 0 Å². The summed E-state index contributed by atoms with van der Waals surface area (Å²) >= 11 is 1.22. The van der Waals surface area contributed by atoms with Gasteiger partial charge in [-0.1, -0.05) is 11.8 Å². The maximum atomic E-state index is 11.7. The molecule has 0 aliphatic carbocycles. The lowest BCUT2D eigenvalue weighted by molar-refractivity contribution is -0.142. The highest BCUT2D eigenvalue weighted by atomic mass is 32.2. The number of hydrogen-bond acceptors (Lipinski definition) is 6. The third kappa shape index (κ3) is 3.49. The summed E-state index contributed by atoms with van der Waals surface area (Å²) in [6.07, 6.45) is 0. The van der Waals surface area contributed by atoms with Crippen LogP contribution in [0.3, 0.4) is 0 Å². The van der Waals surface area contributed by atoms with Gasteiger partial charge in [0.1, 0.15) is 22.1 Å². The largest absolute Gasteiger partial charge is 0.497 e. The number of pyridine rings is 1. The lowest BCUT2D eigenvalue weighted by Crippen LogP contribution is -2.17. The minimum Gasteiger partial charge on any atom is -0.497 e. The number of aromatic nitrogens is 1. The molecule has 0 radical (unpaired) electrons. The van der Waals surface area contributed by atoms with Crippen LogP contribution in [0.5, 0.6) is 5.75 Å². The number of methoxy groups -OCH3 is 1. The van der Waals surface area contributed by atoms with Gasteiger partial charge in [0.15, 0.2) is 0 Å². The second-order valence-electron chi connectivity index (χ2n) is 4.52. The van der Waals surface area contributed by atoms with E-state index in [1.165, 1.54) is 11.8 Å². The summed E-state index contributed by atoms with van der Waals surface area (Å²) in [5.41, 5.74) is 1.16. The van der Waals surface area contributed by atoms with E-state index in [9.17, 15) is 10.1 Å². The first-order valence-corrected chi connectivity index (χ1v) is 7.69. The Labute approximate surface area is 133 Å². The van der Waals surface area contributed by atoms with E-state index in [2.05, 4.69) is 11.1 Å². The van der Waals surface area contributed by atoms with E-state index in [0.717, 1.165) is 10.9 Å². The molecule has 2 aromatic rings. The van der Waals surface area contributed by atoms with E-state index in [1.54, 1.807) is 33.1 Å². The Morgan fingerprint density at radius 3 is 2.86 bits per heavy atom. The van der Waals surface area contributed by atoms with Crippen LogP contribution in [0.25, 0.3) is 10.9 Å². The number of benzene rings is 1. The quantitative estimate of drug-likeness (QED) is 0.623. The van der Waals surface area contributed by atoms with Crippen LogP contribution < -0.4 is 4.74 Å². The van der Waals surface area contributed by atoms with E-state index in [1.807, 2.05) is 12.1 Å². The van der Waals surface area contributed by atoms with Crippen molar-refractivity contribution >= 4 is 28.6 Å². The topological polar surface area (TPSA) is 72.2 Å². The smallest absolute Gasteiger partial charge is 0.319 e. The molecule has 1 aromatic carbocycles. The minimum atomic E-state index is -0.428. The van der Waals surface area contributed by atoms with E-state index in [4.69, 9.17) is 9.47 Å². The monoisotopic (exact) mass is 316 g/mol. The molecule has 0 spiro atoms. The molecule has 22 heavy (non-hydrogen) atoms. The fourth-order valence-electron chi connectivity index (χ4n) is 1.90. The molecule has 1 aromatic heterocycles. The zero-order chi connectivity index (χ0) is 16.1. The van der Waals surface area contributed by atoms with Crippen molar-refractivity contribution in [3.05, 3.63) is 29.8 Å². The summed E-state index contributed by atoms with van der Waals surface area (Å²) < 4.78 is 10.2. The molecule has 2 rings (SSSR count). The number of fused-ring (bicyclic) bond motifs is 1. The average molecular weight is 316 g/mol. The SMILES string of the molecule is CCOC(=O)[C@H](C)Sc1nc2cc(OC)ccc2cc1C#N. The van der Waals surface area contributed by atoms with Crippen LogP contribution in [0.2, 0.25) is 0 Å². The molecule has 0 aliphatic heterocycles. The number of nitriles is 1. The van der Waals surface area contributed by atoms with Gasteiger partial charge in [-0.2, -0.15) is 5.26 Å². The molecule has 0 amide bonds. The molecule has 1 heterocycles. The molecule has 0 N–H and O–H groups in total. The standard InChI is InChI=1S/C16H16N2O3S/c1-4-21-16(19)10(2)22-15-12(9-17)7-11-5-6-13(20-3)8-14(11)18-15/h5-8,10H,4H2,1-3H3/t10-/m0/s1. The summed E-state index contributed by atoms with van der Waals surface area (Å²) in [6, 6.07) is 9.36. The maximum Gasteiger partial charge on any atom is 0.319 e. The Morgan fingerprint density at radius 1 is 1.45 bits per heavy atom. The first-order chi connectivity index (χ1) is 10.6. The summed E-state index contributed by atoms with van der Waals surface area (Å²) in [5.74, 6) is 0.378. The number of ether oxygens (including phenoxy) is 2. The summed E-state index contributed by atoms with van der Waals surface area (Å²) in [5, 5.41) is 10.2. The second kappa shape index (κ2) is 7.14. The van der Waals surface area contributed by atoms with Gasteiger partial charge in [0.2, 0.25) is 0 Å². The minimum absolute atomic E-state index is 0.316. The van der Waals surface area contributed by atoms with Crippen molar-refractivity contribution in [1.82, 2.24) is 4.98 Å². The van der Waals surface area contributed by atoms with Gasteiger partial charge in [-0.15, -0.1) is 0 Å². The van der Waals surface area contributed by atoms with Crippen LogP contribution >= 0.6 is 11.8 Å². The highest BCUT2D eigenvalue weighted by Gasteiger charge is 2.19. The van der Waals surface area contributed by atoms with Gasteiger partial charge >= 0.3 is 5.97 Å². The molecule has 0 saturated carbocycles. The Hall–Kier alpha value is -2.26. The molecule has 0 bridgehead atoms. The normalized spacial score (nSPS) is 11.7. The molecule has 0 saturated heterocycles. The third-order valence-electron chi connectivity index (χ3n) is 3.02. The molecule has 6 heteroatoms. The number of hydrogen-bond donors (Lipinski definition) is 0. The highest BCUT2D eigenvalue weighted by molar-refractivity contribution is 8.00. The molecule has 0 aliphatic rings. The fourth-order valence-corrected chi connectivity index (χ4v) is 2.78. The Kier molecular flexibility index (Phi) is 5.23. The van der Waals surface area contributed by atoms with Gasteiger partial charge in [0.05, 0.1) is 24.8 Å². The van der Waals surface area contributed by atoms with Crippen LogP contribution in [-0.4, -0.2) is 29.9 Å². The van der Waals surface area contributed by atoms with E-state index in [-0.39, 0.29) is 5.97 Å². The highest BCUT2D eigenvalue weighted by Crippen LogP contribution is 2.29. The summed E-state index contributed by atoms with van der Waals surface area (Å²) in [6.45, 7) is 3.83. The van der Waals surface area contributed by atoms with Crippen LogP contribution in [0.1, 0.15) is 19.4 Å². The van der Waals surface area contributed by atoms with Crippen molar-refractivity contribution in [2.24, 2.45) is 0 Å². The van der Waals surface area contributed by atoms with Crippen LogP contribution in [0.15, 0.2) is 29.3 Å². The zero-order valence-corrected chi connectivity index (χ0v) is 13.4. The molecular weight excluding hydrogens is 300 g/mol. The van der Waals surface area contributed by atoms with E-state index < -0.39 is 5.25 Å². The Morgan fingerprint density at radius 2 is 2.23 bits per heavy atom. The predicted octanol–water partition coefficient (Wildman–Crippen LogP) is 3.16. The lowest BCUT2D eigenvalue weighted by atomic mass is 10.1. The fraction of sp³-hybridized carbons (Fsp3) is 0.312. The van der Waals surface area contributed by atoms with Crippen molar-refractivity contribution in [3.8, 4) is 11.8 Å². The van der Waals surface area contributed by atoms with Gasteiger partial charge in [0.25, 0.3) is 0 Å². The lowest BCUT2D eigenvalue weighted by Gasteiger charge is -2.11. The van der Waals surface area contributed by atoms with E-state index in [0.29, 0.717) is 22.9 Å². The van der Waals surface area contributed by atoms with Gasteiger partial charge in [0, 0.05) is 11.5 Å². The molecule has 0 unspecified atom stereocenters. The van der Waals surface area contributed by atoms with Gasteiger partial charge in [-0.25, -0.2) is 4.98 Å². The number of thioether (sulfide) groups is 1. The molecule has 1 atom stereocenters. The molecule has 0 fully saturated rings. The number of carbonyl (C=O) groups is 1. The van der Waals surface area contributed by atoms with Gasteiger partial charge in [-0.05, 0) is 32.0 Å². The number of rotatable bonds is 5. The predicted molar refractivity (Wildman–Crippen MR) is 85.0 cm³/mol. The zero-order valence-electron chi connectivity index (χ0n) is 12.6. The van der Waals surface area contributed by atoms with Gasteiger partial charge < -0.3 is 9.47 Å². The van der Waals surface area contributed by atoms with Crippen molar-refractivity contribution in [3.63, 3.8) is 0 Å². The third-order valence-corrected chi connectivity index (χ3v) is 4.10. The van der Waals surface area contributed by atoms with Gasteiger partial charge in [-0.3, -0.25) is 4.79 Å². The first kappa shape index (κ1) is 16.1. The summed E-state index contributed by atoms with van der Waals surface area (Å²) in [7, 11) is 1.59. The number of nitrogens with zero attached hydrogens (tertiary/aromatic N) is 2. The van der Waals surface area contributed by atoms with Crippen molar-refractivity contribution in [1.29, 1.82) is 5.26 Å². The van der Waals surface area contributed by atoms with Crippen molar-refractivity contribution in [2.75, 3.05) is 13.7 Å². The Balaban J connectivity index is 2.39. The molecule has 5 nitrogen and oxygen atoms in total. The van der Waals surface area contributed by atoms with Crippen LogP contribution in [-0.2, 0) is 9.53 Å². The average Bonchev–Trinajstić information content (AvgIpc) is 2.53. The molecule has 114 valence electrons. The number of esters is 1. The van der Waals surface area contributed by atoms with Crippen LogP contribution in [0.4, 0.5) is 0 Å². The van der Waals surface area contributed by atoms with Crippen molar-refractivity contribution < 1.29 is 14.3 Å². The first-order valence-electron chi connectivity index (χ1n) is 6.81. The van der Waals surface area contributed by atoms with Crippen LogP contribution in [0, 0.1) is 11.3 Å². The van der Waals surface area contributed by atoms with Crippen molar-refractivity contribution in [2.45, 2.75) is 24.1 Å². The maximum absolute atomic E-state index is 11.7. The summed E-state index contributed by atoms with van der Waals surface area (Å²) in [4.78, 5) is 16.2. The Bertz CT molecular complexity index is 740.